The van der Waals surface area contributed by atoms with Gasteiger partial charge in [-0.2, -0.15) is 0 Å². The van der Waals surface area contributed by atoms with E-state index in [4.69, 9.17) is 10.2 Å². The lowest BCUT2D eigenvalue weighted by atomic mass is 9.99. The molecule has 0 aliphatic carbocycles. The highest BCUT2D eigenvalue weighted by atomic mass is 16.4. The molecule has 1 aromatic rings. The normalized spacial score (nSPS) is 14.4. The summed E-state index contributed by atoms with van der Waals surface area (Å²) in [4.78, 5) is 15.9. The van der Waals surface area contributed by atoms with Gasteiger partial charge in [0.1, 0.15) is 5.76 Å². The maximum atomic E-state index is 11.7. The first-order valence-corrected chi connectivity index (χ1v) is 5.91. The van der Waals surface area contributed by atoms with Gasteiger partial charge in [0, 0.05) is 0 Å². The molecule has 0 saturated carbocycles. The van der Waals surface area contributed by atoms with E-state index in [9.17, 15) is 4.79 Å². The summed E-state index contributed by atoms with van der Waals surface area (Å²) in [5.41, 5.74) is 6.66. The minimum absolute atomic E-state index is 0.159. The van der Waals surface area contributed by atoms with Crippen LogP contribution in [0.2, 0.25) is 0 Å². The third-order valence-electron chi connectivity index (χ3n) is 3.05. The van der Waals surface area contributed by atoms with Crippen molar-refractivity contribution in [1.82, 2.24) is 10.3 Å². The van der Waals surface area contributed by atoms with Crippen LogP contribution in [0.15, 0.2) is 4.42 Å². The second-order valence-corrected chi connectivity index (χ2v) is 4.38. The number of hydrogen-bond acceptors (Lipinski definition) is 4. The van der Waals surface area contributed by atoms with E-state index in [1.165, 1.54) is 0 Å². The summed E-state index contributed by atoms with van der Waals surface area (Å²) in [5, 5.41) is 2.73. The second-order valence-electron chi connectivity index (χ2n) is 4.38. The monoisotopic (exact) mass is 239 g/mol. The molecule has 0 unspecified atom stereocenters. The molecular formula is C12H21N3O2. The zero-order valence-corrected chi connectivity index (χ0v) is 10.9. The molecule has 3 N–H and O–H groups in total. The Balaban J connectivity index is 2.48. The fourth-order valence-electron chi connectivity index (χ4n) is 1.41. The van der Waals surface area contributed by atoms with Gasteiger partial charge in [-0.25, -0.2) is 4.98 Å². The Morgan fingerprint density at radius 3 is 2.65 bits per heavy atom. The molecule has 96 valence electrons. The zero-order chi connectivity index (χ0) is 13.0. The molecule has 0 aliphatic heterocycles. The van der Waals surface area contributed by atoms with Gasteiger partial charge in [0.2, 0.25) is 11.8 Å². The zero-order valence-electron chi connectivity index (χ0n) is 10.9. The number of nitrogens with two attached hydrogens (primary N) is 1. The highest BCUT2D eigenvalue weighted by Crippen LogP contribution is 2.09. The molecule has 17 heavy (non-hydrogen) atoms. The van der Waals surface area contributed by atoms with E-state index in [-0.39, 0.29) is 18.4 Å². The van der Waals surface area contributed by atoms with Gasteiger partial charge < -0.3 is 15.5 Å². The quantitative estimate of drug-likeness (QED) is 0.811. The molecule has 2 atom stereocenters. The molecule has 1 amide bonds. The molecule has 1 heterocycles. The Labute approximate surface area is 102 Å². The number of nitrogens with one attached hydrogen (secondary N) is 1. The Morgan fingerprint density at radius 1 is 1.53 bits per heavy atom. The molecule has 5 nitrogen and oxygen atoms in total. The van der Waals surface area contributed by atoms with Crippen molar-refractivity contribution >= 4 is 5.91 Å². The summed E-state index contributed by atoms with van der Waals surface area (Å²) < 4.78 is 5.36. The lowest BCUT2D eigenvalue weighted by molar-refractivity contribution is -0.123. The number of oxazole rings is 1. The van der Waals surface area contributed by atoms with Crippen LogP contribution in [-0.4, -0.2) is 16.9 Å². The largest absolute Gasteiger partial charge is 0.444 e. The summed E-state index contributed by atoms with van der Waals surface area (Å²) in [6, 6.07) is -0.475. The van der Waals surface area contributed by atoms with Crippen molar-refractivity contribution in [3.8, 4) is 0 Å². The van der Waals surface area contributed by atoms with Crippen LogP contribution in [0.25, 0.3) is 0 Å². The molecule has 0 saturated heterocycles. The number of aromatic nitrogens is 1. The van der Waals surface area contributed by atoms with Crippen LogP contribution in [0.5, 0.6) is 0 Å². The summed E-state index contributed by atoms with van der Waals surface area (Å²) in [6.07, 6.45) is 0.881. The van der Waals surface area contributed by atoms with Gasteiger partial charge in [0.05, 0.1) is 18.3 Å². The number of carbonyl (C=O) groups is 1. The van der Waals surface area contributed by atoms with Crippen LogP contribution < -0.4 is 11.1 Å². The van der Waals surface area contributed by atoms with Gasteiger partial charge in [-0.05, 0) is 19.8 Å². The van der Waals surface area contributed by atoms with Crippen molar-refractivity contribution in [2.45, 2.75) is 46.7 Å². The highest BCUT2D eigenvalue weighted by Gasteiger charge is 2.19. The SMILES string of the molecule is CC[C@H](C)[C@H](N)C(=O)NCc1nc(C)c(C)o1. The Morgan fingerprint density at radius 2 is 2.18 bits per heavy atom. The predicted molar refractivity (Wildman–Crippen MR) is 65.3 cm³/mol. The Hall–Kier alpha value is -1.36. The minimum atomic E-state index is -0.475. The van der Waals surface area contributed by atoms with E-state index in [0.29, 0.717) is 5.89 Å². The first kappa shape index (κ1) is 13.7. The maximum absolute atomic E-state index is 11.7. The number of nitrogens with zero attached hydrogens (tertiary/aromatic N) is 1. The van der Waals surface area contributed by atoms with E-state index in [1.807, 2.05) is 27.7 Å². The van der Waals surface area contributed by atoms with Crippen molar-refractivity contribution in [2.75, 3.05) is 0 Å². The topological polar surface area (TPSA) is 81.2 Å². The summed E-state index contributed by atoms with van der Waals surface area (Å²) in [7, 11) is 0. The first-order valence-electron chi connectivity index (χ1n) is 5.91. The Kier molecular flexibility index (Phi) is 4.69. The van der Waals surface area contributed by atoms with E-state index in [2.05, 4.69) is 10.3 Å². The molecule has 0 radical (unpaired) electrons. The van der Waals surface area contributed by atoms with Crippen LogP contribution in [-0.2, 0) is 11.3 Å². The predicted octanol–water partition coefficient (Wildman–Crippen LogP) is 1.28. The minimum Gasteiger partial charge on any atom is -0.444 e. The standard InChI is InChI=1S/C12H21N3O2/c1-5-7(2)11(13)12(16)14-6-10-15-8(3)9(4)17-10/h7,11H,5-6,13H2,1-4H3,(H,14,16)/t7-,11-/m0/s1. The van der Waals surface area contributed by atoms with Crippen LogP contribution in [0.3, 0.4) is 0 Å². The number of rotatable bonds is 5. The van der Waals surface area contributed by atoms with Crippen LogP contribution in [0.1, 0.15) is 37.6 Å². The third-order valence-corrected chi connectivity index (χ3v) is 3.05. The summed E-state index contributed by atoms with van der Waals surface area (Å²) in [5.74, 6) is 1.31. The van der Waals surface area contributed by atoms with Gasteiger partial charge in [-0.1, -0.05) is 20.3 Å². The smallest absolute Gasteiger partial charge is 0.237 e. The molecular weight excluding hydrogens is 218 g/mol. The van der Waals surface area contributed by atoms with E-state index >= 15 is 0 Å². The van der Waals surface area contributed by atoms with Gasteiger partial charge in [-0.3, -0.25) is 4.79 Å². The molecule has 0 fully saturated rings. The summed E-state index contributed by atoms with van der Waals surface area (Å²) in [6.45, 7) is 7.98. The molecule has 5 heteroatoms. The number of carbonyl (C=O) groups excluding carboxylic acids is 1. The van der Waals surface area contributed by atoms with Crippen LogP contribution in [0.4, 0.5) is 0 Å². The molecule has 0 aliphatic rings. The van der Waals surface area contributed by atoms with Gasteiger partial charge >= 0.3 is 0 Å². The van der Waals surface area contributed by atoms with Crippen molar-refractivity contribution in [3.05, 3.63) is 17.3 Å². The van der Waals surface area contributed by atoms with Crippen molar-refractivity contribution in [3.63, 3.8) is 0 Å². The lowest BCUT2D eigenvalue weighted by Gasteiger charge is -2.16. The summed E-state index contributed by atoms with van der Waals surface area (Å²) >= 11 is 0. The van der Waals surface area contributed by atoms with Gasteiger partial charge in [-0.15, -0.1) is 0 Å². The van der Waals surface area contributed by atoms with Crippen molar-refractivity contribution < 1.29 is 9.21 Å². The average molecular weight is 239 g/mol. The molecule has 0 spiro atoms. The molecule has 0 aromatic carbocycles. The van der Waals surface area contributed by atoms with Gasteiger partial charge in [0.25, 0.3) is 0 Å². The van der Waals surface area contributed by atoms with Gasteiger partial charge in [0.15, 0.2) is 0 Å². The Bertz CT molecular complexity index is 368. The van der Waals surface area contributed by atoms with Crippen molar-refractivity contribution in [1.29, 1.82) is 0 Å². The number of amides is 1. The highest BCUT2D eigenvalue weighted by molar-refractivity contribution is 5.81. The first-order chi connectivity index (χ1) is 7.95. The second kappa shape index (κ2) is 5.82. The van der Waals surface area contributed by atoms with Crippen LogP contribution >= 0.6 is 0 Å². The maximum Gasteiger partial charge on any atom is 0.237 e. The van der Waals surface area contributed by atoms with E-state index < -0.39 is 6.04 Å². The lowest BCUT2D eigenvalue weighted by Crippen LogP contribution is -2.44. The third kappa shape index (κ3) is 3.56. The molecule has 0 bridgehead atoms. The molecule has 1 rings (SSSR count). The molecule has 1 aromatic heterocycles. The van der Waals surface area contributed by atoms with Crippen LogP contribution in [0, 0.1) is 19.8 Å². The average Bonchev–Trinajstić information content (AvgIpc) is 2.63. The van der Waals surface area contributed by atoms with Crippen molar-refractivity contribution in [2.24, 2.45) is 11.7 Å². The van der Waals surface area contributed by atoms with E-state index in [0.717, 1.165) is 17.9 Å². The fraction of sp³-hybridized carbons (Fsp3) is 0.667. The number of hydrogen-bond donors (Lipinski definition) is 2. The van der Waals surface area contributed by atoms with E-state index in [1.54, 1.807) is 0 Å². The fourth-order valence-corrected chi connectivity index (χ4v) is 1.41. The number of aryl methyl sites for hydroxylation is 2.